The number of benzene rings is 1. The van der Waals surface area contributed by atoms with Crippen molar-refractivity contribution in [3.05, 3.63) is 58.0 Å². The van der Waals surface area contributed by atoms with Gasteiger partial charge in [0.2, 0.25) is 0 Å². The first-order valence-corrected chi connectivity index (χ1v) is 8.32. The summed E-state index contributed by atoms with van der Waals surface area (Å²) in [7, 11) is 1.60. The van der Waals surface area contributed by atoms with Gasteiger partial charge in [-0.05, 0) is 19.1 Å². The highest BCUT2D eigenvalue weighted by Gasteiger charge is 2.30. The van der Waals surface area contributed by atoms with E-state index in [1.165, 1.54) is 6.07 Å². The van der Waals surface area contributed by atoms with Crippen LogP contribution in [-0.4, -0.2) is 39.2 Å². The van der Waals surface area contributed by atoms with Crippen molar-refractivity contribution in [2.45, 2.75) is 26.1 Å². The SMILES string of the molecule is COCc1nnc2n1[C@@H](C)CN(C(=O)c1cc(=O)c3ccccc3o1)C2. The molecule has 2 aromatic heterocycles. The highest BCUT2D eigenvalue weighted by Crippen LogP contribution is 2.23. The van der Waals surface area contributed by atoms with Gasteiger partial charge in [0.15, 0.2) is 22.8 Å². The third-order valence-corrected chi connectivity index (χ3v) is 4.50. The molecule has 0 bridgehead atoms. The van der Waals surface area contributed by atoms with Crippen LogP contribution in [0.1, 0.15) is 35.2 Å². The molecule has 0 spiro atoms. The summed E-state index contributed by atoms with van der Waals surface area (Å²) in [5, 5.41) is 8.76. The van der Waals surface area contributed by atoms with E-state index >= 15 is 0 Å². The van der Waals surface area contributed by atoms with Gasteiger partial charge in [-0.15, -0.1) is 10.2 Å². The summed E-state index contributed by atoms with van der Waals surface area (Å²) in [6.45, 7) is 3.13. The molecule has 1 atom stereocenters. The second-order valence-electron chi connectivity index (χ2n) is 6.34. The Kier molecular flexibility index (Phi) is 4.04. The van der Waals surface area contributed by atoms with Crippen LogP contribution < -0.4 is 5.43 Å². The first-order valence-electron chi connectivity index (χ1n) is 8.32. The lowest BCUT2D eigenvalue weighted by molar-refractivity contribution is 0.0643. The van der Waals surface area contributed by atoms with Crippen molar-refractivity contribution in [2.75, 3.05) is 13.7 Å². The Balaban J connectivity index is 1.66. The molecule has 134 valence electrons. The summed E-state index contributed by atoms with van der Waals surface area (Å²) >= 11 is 0. The molecule has 0 radical (unpaired) electrons. The van der Waals surface area contributed by atoms with Crippen LogP contribution in [0.2, 0.25) is 0 Å². The average molecular weight is 354 g/mol. The molecule has 0 N–H and O–H groups in total. The minimum absolute atomic E-state index is 0.00460. The van der Waals surface area contributed by atoms with E-state index in [2.05, 4.69) is 10.2 Å². The lowest BCUT2D eigenvalue weighted by atomic mass is 10.2. The molecule has 0 saturated carbocycles. The van der Waals surface area contributed by atoms with Crippen LogP contribution in [0.25, 0.3) is 11.0 Å². The Bertz CT molecular complexity index is 1040. The van der Waals surface area contributed by atoms with Gasteiger partial charge in [0.25, 0.3) is 5.91 Å². The topological polar surface area (TPSA) is 90.5 Å². The molecular weight excluding hydrogens is 336 g/mol. The van der Waals surface area contributed by atoms with E-state index in [9.17, 15) is 9.59 Å². The molecule has 4 rings (SSSR count). The van der Waals surface area contributed by atoms with Crippen molar-refractivity contribution in [2.24, 2.45) is 0 Å². The van der Waals surface area contributed by atoms with Crippen molar-refractivity contribution in [1.82, 2.24) is 19.7 Å². The van der Waals surface area contributed by atoms with Gasteiger partial charge in [-0.1, -0.05) is 12.1 Å². The van der Waals surface area contributed by atoms with E-state index in [1.807, 2.05) is 11.5 Å². The van der Waals surface area contributed by atoms with Crippen molar-refractivity contribution in [3.8, 4) is 0 Å². The van der Waals surface area contributed by atoms with Gasteiger partial charge in [-0.25, -0.2) is 0 Å². The second-order valence-corrected chi connectivity index (χ2v) is 6.34. The molecular formula is C18H18N4O4. The molecule has 3 heterocycles. The van der Waals surface area contributed by atoms with Crippen LogP contribution in [0.4, 0.5) is 0 Å². The number of carbonyl (C=O) groups excluding carboxylic acids is 1. The number of ether oxygens (including phenoxy) is 1. The smallest absolute Gasteiger partial charge is 0.290 e. The maximum atomic E-state index is 12.9. The van der Waals surface area contributed by atoms with Crippen LogP contribution in [0.5, 0.6) is 0 Å². The first kappa shape index (κ1) is 16.5. The van der Waals surface area contributed by atoms with Crippen LogP contribution in [-0.2, 0) is 17.9 Å². The van der Waals surface area contributed by atoms with Gasteiger partial charge < -0.3 is 18.6 Å². The number of fused-ring (bicyclic) bond motifs is 2. The highest BCUT2D eigenvalue weighted by atomic mass is 16.5. The molecule has 1 aliphatic heterocycles. The normalized spacial score (nSPS) is 16.7. The Morgan fingerprint density at radius 1 is 1.35 bits per heavy atom. The minimum atomic E-state index is -0.331. The monoisotopic (exact) mass is 354 g/mol. The van der Waals surface area contributed by atoms with Crippen LogP contribution in [0, 0.1) is 0 Å². The van der Waals surface area contributed by atoms with Gasteiger partial charge in [0.05, 0.1) is 18.0 Å². The lowest BCUT2D eigenvalue weighted by Gasteiger charge is -2.32. The Hall–Kier alpha value is -3.00. The minimum Gasteiger partial charge on any atom is -0.451 e. The summed E-state index contributed by atoms with van der Waals surface area (Å²) in [4.78, 5) is 26.8. The number of hydrogen-bond donors (Lipinski definition) is 0. The Morgan fingerprint density at radius 3 is 2.96 bits per heavy atom. The van der Waals surface area contributed by atoms with Crippen molar-refractivity contribution in [1.29, 1.82) is 0 Å². The number of hydrogen-bond acceptors (Lipinski definition) is 6. The first-order chi connectivity index (χ1) is 12.6. The van der Waals surface area contributed by atoms with Gasteiger partial charge in [-0.3, -0.25) is 9.59 Å². The van der Waals surface area contributed by atoms with Gasteiger partial charge in [0, 0.05) is 19.7 Å². The molecule has 8 heteroatoms. The van der Waals surface area contributed by atoms with Gasteiger partial charge in [-0.2, -0.15) is 0 Å². The predicted molar refractivity (Wildman–Crippen MR) is 92.7 cm³/mol. The highest BCUT2D eigenvalue weighted by molar-refractivity contribution is 5.93. The van der Waals surface area contributed by atoms with Crippen molar-refractivity contribution >= 4 is 16.9 Å². The number of carbonyl (C=O) groups is 1. The number of amides is 1. The second kappa shape index (κ2) is 6.38. The number of aromatic nitrogens is 3. The maximum Gasteiger partial charge on any atom is 0.290 e. The molecule has 1 aliphatic rings. The Morgan fingerprint density at radius 2 is 2.15 bits per heavy atom. The molecule has 0 unspecified atom stereocenters. The van der Waals surface area contributed by atoms with E-state index in [1.54, 1.807) is 36.3 Å². The summed E-state index contributed by atoms with van der Waals surface area (Å²) < 4.78 is 12.8. The van der Waals surface area contributed by atoms with Crippen LogP contribution in [0.3, 0.4) is 0 Å². The summed E-state index contributed by atoms with van der Waals surface area (Å²) in [6, 6.07) is 8.14. The summed E-state index contributed by atoms with van der Waals surface area (Å²) in [6.07, 6.45) is 0. The molecule has 1 aromatic carbocycles. The largest absolute Gasteiger partial charge is 0.451 e. The molecule has 0 aliphatic carbocycles. The predicted octanol–water partition coefficient (Wildman–Crippen LogP) is 1.75. The van der Waals surface area contributed by atoms with E-state index in [-0.39, 0.29) is 23.1 Å². The number of rotatable bonds is 3. The zero-order chi connectivity index (χ0) is 18.3. The van der Waals surface area contributed by atoms with E-state index in [0.29, 0.717) is 36.5 Å². The van der Waals surface area contributed by atoms with Crippen LogP contribution in [0.15, 0.2) is 39.5 Å². The molecule has 26 heavy (non-hydrogen) atoms. The maximum absolute atomic E-state index is 12.9. The van der Waals surface area contributed by atoms with E-state index in [0.717, 1.165) is 5.82 Å². The molecule has 3 aromatic rings. The summed E-state index contributed by atoms with van der Waals surface area (Å²) in [5.74, 6) is 1.12. The molecule has 1 amide bonds. The standard InChI is InChI=1S/C18H18N4O4/c1-11-8-21(9-16-19-20-17(10-25-2)22(11)16)18(24)15-7-13(23)12-5-3-4-6-14(12)26-15/h3-7,11H,8-10H2,1-2H3/t11-/m0/s1. The zero-order valence-corrected chi connectivity index (χ0v) is 14.5. The fraction of sp³-hybridized carbons (Fsp3) is 0.333. The van der Waals surface area contributed by atoms with E-state index < -0.39 is 0 Å². The lowest BCUT2D eigenvalue weighted by Crippen LogP contribution is -2.41. The number of para-hydroxylation sites is 1. The fourth-order valence-electron chi connectivity index (χ4n) is 3.36. The third-order valence-electron chi connectivity index (χ3n) is 4.50. The molecule has 0 fully saturated rings. The van der Waals surface area contributed by atoms with E-state index in [4.69, 9.17) is 9.15 Å². The zero-order valence-electron chi connectivity index (χ0n) is 14.5. The molecule has 0 saturated heterocycles. The van der Waals surface area contributed by atoms with Crippen molar-refractivity contribution < 1.29 is 13.9 Å². The summed E-state index contributed by atoms with van der Waals surface area (Å²) in [5.41, 5.74) is 0.171. The van der Waals surface area contributed by atoms with Gasteiger partial charge >= 0.3 is 0 Å². The quantitative estimate of drug-likeness (QED) is 0.712. The van der Waals surface area contributed by atoms with Crippen LogP contribution >= 0.6 is 0 Å². The fourth-order valence-corrected chi connectivity index (χ4v) is 3.36. The number of nitrogens with zero attached hydrogens (tertiary/aromatic N) is 4. The number of methoxy groups -OCH3 is 1. The average Bonchev–Trinajstić information content (AvgIpc) is 3.05. The molecule has 8 nitrogen and oxygen atoms in total. The third kappa shape index (κ3) is 2.68. The van der Waals surface area contributed by atoms with Crippen molar-refractivity contribution in [3.63, 3.8) is 0 Å². The van der Waals surface area contributed by atoms with Gasteiger partial charge in [0.1, 0.15) is 12.2 Å². The Labute approximate surface area is 149 Å².